The molecule has 0 aliphatic carbocycles. The molecule has 3 aromatic rings. The predicted octanol–water partition coefficient (Wildman–Crippen LogP) is 1.58. The third kappa shape index (κ3) is 4.72. The van der Waals surface area contributed by atoms with Crippen molar-refractivity contribution >= 4 is 28.6 Å². The third-order valence-corrected chi connectivity index (χ3v) is 4.97. The lowest BCUT2D eigenvalue weighted by molar-refractivity contribution is -0.150. The van der Waals surface area contributed by atoms with Crippen molar-refractivity contribution in [2.45, 2.75) is 33.1 Å². The van der Waals surface area contributed by atoms with Crippen molar-refractivity contribution in [1.82, 2.24) is 18.7 Å². The number of anilines is 1. The van der Waals surface area contributed by atoms with Crippen LogP contribution in [-0.4, -0.2) is 37.0 Å². The first-order valence-corrected chi connectivity index (χ1v) is 10.1. The largest absolute Gasteiger partial charge is 0.456 e. The van der Waals surface area contributed by atoms with E-state index < -0.39 is 53.7 Å². The van der Waals surface area contributed by atoms with Gasteiger partial charge in [-0.05, 0) is 18.1 Å². The SMILES string of the molecule is CC(C)Cn1c(N)c(C(=O)COC(=O)Cn2c(C(F)(F)F)nc3ccccc32)c(=O)n(C)c1=O. The van der Waals surface area contributed by atoms with E-state index in [0.29, 0.717) is 9.13 Å². The Morgan fingerprint density at radius 3 is 2.41 bits per heavy atom. The maximum Gasteiger partial charge on any atom is 0.449 e. The van der Waals surface area contributed by atoms with E-state index in [1.54, 1.807) is 13.8 Å². The average molecular weight is 481 g/mol. The summed E-state index contributed by atoms with van der Waals surface area (Å²) < 4.78 is 47.4. The normalized spacial score (nSPS) is 11.9. The lowest BCUT2D eigenvalue weighted by atomic mass is 10.1. The van der Waals surface area contributed by atoms with Gasteiger partial charge in [-0.2, -0.15) is 13.2 Å². The van der Waals surface area contributed by atoms with Crippen LogP contribution in [0.2, 0.25) is 0 Å². The molecule has 182 valence electrons. The van der Waals surface area contributed by atoms with E-state index in [1.807, 2.05) is 0 Å². The van der Waals surface area contributed by atoms with E-state index in [1.165, 1.54) is 31.3 Å². The van der Waals surface area contributed by atoms with Gasteiger partial charge >= 0.3 is 17.8 Å². The van der Waals surface area contributed by atoms with Crippen molar-refractivity contribution in [3.63, 3.8) is 0 Å². The number of Topliss-reactive ketones (excluding diaryl/α,β-unsaturated/α-hetero) is 1. The minimum atomic E-state index is -4.83. The molecule has 0 atom stereocenters. The number of ether oxygens (including phenoxy) is 1. The van der Waals surface area contributed by atoms with E-state index in [-0.39, 0.29) is 29.3 Å². The summed E-state index contributed by atoms with van der Waals surface area (Å²) in [5.74, 6) is -3.85. The summed E-state index contributed by atoms with van der Waals surface area (Å²) in [4.78, 5) is 53.3. The Morgan fingerprint density at radius 2 is 1.79 bits per heavy atom. The van der Waals surface area contributed by atoms with Gasteiger partial charge in [-0.25, -0.2) is 9.78 Å². The number of imidazole rings is 1. The van der Waals surface area contributed by atoms with Crippen molar-refractivity contribution in [2.24, 2.45) is 13.0 Å². The number of benzene rings is 1. The average Bonchev–Trinajstić information content (AvgIpc) is 3.13. The summed E-state index contributed by atoms with van der Waals surface area (Å²) in [6.45, 7) is 1.91. The molecular weight excluding hydrogens is 459 g/mol. The van der Waals surface area contributed by atoms with Gasteiger partial charge in [0.25, 0.3) is 5.56 Å². The lowest BCUT2D eigenvalue weighted by Crippen LogP contribution is -2.43. The molecule has 0 radical (unpaired) electrons. The fraction of sp³-hybridized carbons (Fsp3) is 0.381. The van der Waals surface area contributed by atoms with Gasteiger partial charge in [0, 0.05) is 13.6 Å². The minimum Gasteiger partial charge on any atom is -0.456 e. The Bertz CT molecular complexity index is 1380. The fourth-order valence-corrected chi connectivity index (χ4v) is 3.43. The summed E-state index contributed by atoms with van der Waals surface area (Å²) in [5.41, 5.74) is 3.76. The van der Waals surface area contributed by atoms with Crippen LogP contribution in [-0.2, 0) is 35.8 Å². The van der Waals surface area contributed by atoms with Gasteiger partial charge in [0.2, 0.25) is 11.6 Å². The van der Waals surface area contributed by atoms with Crippen LogP contribution in [0.1, 0.15) is 30.0 Å². The van der Waals surface area contributed by atoms with E-state index in [4.69, 9.17) is 10.5 Å². The highest BCUT2D eigenvalue weighted by atomic mass is 19.4. The molecular formula is C21H22F3N5O5. The zero-order valence-electron chi connectivity index (χ0n) is 18.5. The van der Waals surface area contributed by atoms with Crippen LogP contribution >= 0.6 is 0 Å². The number of para-hydroxylation sites is 2. The molecule has 2 aromatic heterocycles. The van der Waals surface area contributed by atoms with Crippen LogP contribution in [0.3, 0.4) is 0 Å². The zero-order chi connectivity index (χ0) is 25.4. The minimum absolute atomic E-state index is 0.0300. The fourth-order valence-electron chi connectivity index (χ4n) is 3.43. The number of alkyl halides is 3. The van der Waals surface area contributed by atoms with Crippen molar-refractivity contribution in [1.29, 1.82) is 0 Å². The highest BCUT2D eigenvalue weighted by molar-refractivity contribution is 6.01. The Labute approximate surface area is 190 Å². The number of hydrogen-bond acceptors (Lipinski definition) is 7. The van der Waals surface area contributed by atoms with Gasteiger partial charge in [0.15, 0.2) is 6.61 Å². The van der Waals surface area contributed by atoms with Crippen LogP contribution in [0.15, 0.2) is 33.9 Å². The van der Waals surface area contributed by atoms with Crippen molar-refractivity contribution < 1.29 is 27.5 Å². The first-order valence-electron chi connectivity index (χ1n) is 10.1. The van der Waals surface area contributed by atoms with Gasteiger partial charge < -0.3 is 15.0 Å². The molecule has 3 rings (SSSR count). The number of carbonyl (C=O) groups is 2. The van der Waals surface area contributed by atoms with Gasteiger partial charge in [-0.3, -0.25) is 23.5 Å². The van der Waals surface area contributed by atoms with Crippen LogP contribution < -0.4 is 17.0 Å². The number of rotatable bonds is 7. The topological polar surface area (TPSA) is 131 Å². The second-order valence-corrected chi connectivity index (χ2v) is 8.00. The third-order valence-electron chi connectivity index (χ3n) is 4.97. The second kappa shape index (κ2) is 9.15. The molecule has 34 heavy (non-hydrogen) atoms. The molecule has 1 aromatic carbocycles. The molecule has 0 bridgehead atoms. The Hall–Kier alpha value is -3.90. The molecule has 0 saturated carbocycles. The van der Waals surface area contributed by atoms with E-state index in [9.17, 15) is 32.3 Å². The Kier molecular flexibility index (Phi) is 6.66. The highest BCUT2D eigenvalue weighted by Crippen LogP contribution is 2.31. The van der Waals surface area contributed by atoms with Gasteiger partial charge in [-0.1, -0.05) is 26.0 Å². The molecule has 0 fully saturated rings. The van der Waals surface area contributed by atoms with E-state index in [2.05, 4.69) is 4.98 Å². The summed E-state index contributed by atoms with van der Waals surface area (Å²) in [6.07, 6.45) is -4.83. The molecule has 0 aliphatic heterocycles. The standard InChI is InChI=1S/C21H22F3N5O5/c1-11(2)8-29-17(25)16(18(32)27(3)20(29)33)14(30)10-34-15(31)9-28-13-7-5-4-6-12(13)26-19(28)21(22,23)24/h4-7,11H,8-10,25H2,1-3H3. The van der Waals surface area contributed by atoms with Crippen LogP contribution in [0.4, 0.5) is 19.0 Å². The summed E-state index contributed by atoms with van der Waals surface area (Å²) in [5, 5.41) is 0. The summed E-state index contributed by atoms with van der Waals surface area (Å²) in [6, 6.07) is 5.71. The van der Waals surface area contributed by atoms with Crippen molar-refractivity contribution in [3.8, 4) is 0 Å². The van der Waals surface area contributed by atoms with Crippen molar-refractivity contribution in [3.05, 3.63) is 56.5 Å². The number of aromatic nitrogens is 4. The summed E-state index contributed by atoms with van der Waals surface area (Å²) >= 11 is 0. The molecule has 2 N–H and O–H groups in total. The van der Waals surface area contributed by atoms with Crippen LogP contribution in [0, 0.1) is 5.92 Å². The van der Waals surface area contributed by atoms with Gasteiger partial charge in [0.05, 0.1) is 11.0 Å². The quantitative estimate of drug-likeness (QED) is 0.400. The number of carbonyl (C=O) groups excluding carboxylic acids is 2. The highest BCUT2D eigenvalue weighted by Gasteiger charge is 2.38. The molecule has 13 heteroatoms. The molecule has 0 aliphatic rings. The smallest absolute Gasteiger partial charge is 0.449 e. The molecule has 2 heterocycles. The van der Waals surface area contributed by atoms with E-state index >= 15 is 0 Å². The number of nitrogens with two attached hydrogens (primary N) is 1. The van der Waals surface area contributed by atoms with Crippen LogP contribution in [0.25, 0.3) is 11.0 Å². The Morgan fingerprint density at radius 1 is 1.15 bits per heavy atom. The lowest BCUT2D eigenvalue weighted by Gasteiger charge is -2.16. The number of nitrogen functional groups attached to an aromatic ring is 1. The molecule has 0 spiro atoms. The first kappa shape index (κ1) is 24.7. The summed E-state index contributed by atoms with van der Waals surface area (Å²) in [7, 11) is 1.17. The zero-order valence-corrected chi connectivity index (χ0v) is 18.5. The van der Waals surface area contributed by atoms with E-state index in [0.717, 1.165) is 4.57 Å². The predicted molar refractivity (Wildman–Crippen MR) is 115 cm³/mol. The second-order valence-electron chi connectivity index (χ2n) is 8.00. The molecule has 0 unspecified atom stereocenters. The first-order chi connectivity index (χ1) is 15.8. The number of hydrogen-bond donors (Lipinski definition) is 1. The number of esters is 1. The maximum atomic E-state index is 13.4. The maximum absolute atomic E-state index is 13.4. The Balaban J connectivity index is 1.85. The van der Waals surface area contributed by atoms with Crippen molar-refractivity contribution in [2.75, 3.05) is 12.3 Å². The number of nitrogens with zero attached hydrogens (tertiary/aromatic N) is 4. The van der Waals surface area contributed by atoms with Gasteiger partial charge in [-0.15, -0.1) is 0 Å². The number of fused-ring (bicyclic) bond motifs is 1. The number of ketones is 1. The molecule has 0 saturated heterocycles. The van der Waals surface area contributed by atoms with Gasteiger partial charge in [0.1, 0.15) is 17.9 Å². The molecule has 0 amide bonds. The van der Waals surface area contributed by atoms with Crippen LogP contribution in [0.5, 0.6) is 0 Å². The molecule has 10 nitrogen and oxygen atoms in total. The number of halogens is 3. The monoisotopic (exact) mass is 481 g/mol.